The molecule has 13 nitrogen and oxygen atoms in total. The van der Waals surface area contributed by atoms with Crippen LogP contribution in [0.5, 0.6) is 0 Å². The predicted molar refractivity (Wildman–Crippen MR) is 109 cm³/mol. The molecule has 1 saturated heterocycles. The van der Waals surface area contributed by atoms with Gasteiger partial charge in [0.25, 0.3) is 0 Å². The molecule has 2 aromatic rings. The molecule has 32 heavy (non-hydrogen) atoms. The SMILES string of the molecule is Nc1ccn([C@@H]2O[C@H](COP(=O)(O)O)[C@@H](O)[C@H]2OC(=O)[C@@H](N)Cc2ccccc2)c(=O)n1. The number of phosphoric acid groups is 1. The van der Waals surface area contributed by atoms with Crippen molar-refractivity contribution in [3.05, 3.63) is 58.6 Å². The molecule has 174 valence electrons. The van der Waals surface area contributed by atoms with E-state index in [1.54, 1.807) is 24.3 Å². The number of aromatic nitrogens is 2. The summed E-state index contributed by atoms with van der Waals surface area (Å²) < 4.78 is 27.2. The minimum Gasteiger partial charge on any atom is -0.453 e. The summed E-state index contributed by atoms with van der Waals surface area (Å²) in [4.78, 5) is 46.2. The fourth-order valence-corrected chi connectivity index (χ4v) is 3.51. The van der Waals surface area contributed by atoms with E-state index in [1.807, 2.05) is 6.07 Å². The van der Waals surface area contributed by atoms with Crippen LogP contribution in [0.15, 0.2) is 47.4 Å². The number of anilines is 1. The van der Waals surface area contributed by atoms with Crippen LogP contribution in [0.2, 0.25) is 0 Å². The Morgan fingerprint density at radius 2 is 1.97 bits per heavy atom. The average molecular weight is 470 g/mol. The number of benzene rings is 1. The van der Waals surface area contributed by atoms with Crippen molar-refractivity contribution in [3.8, 4) is 0 Å². The summed E-state index contributed by atoms with van der Waals surface area (Å²) in [5.74, 6) is -0.941. The number of esters is 1. The van der Waals surface area contributed by atoms with Crippen LogP contribution < -0.4 is 17.2 Å². The number of carbonyl (C=O) groups is 1. The van der Waals surface area contributed by atoms with E-state index in [9.17, 15) is 19.3 Å². The van der Waals surface area contributed by atoms with Gasteiger partial charge in [-0.1, -0.05) is 30.3 Å². The molecular weight excluding hydrogens is 447 g/mol. The highest BCUT2D eigenvalue weighted by Crippen LogP contribution is 2.38. The van der Waals surface area contributed by atoms with Gasteiger partial charge in [-0.05, 0) is 18.1 Å². The molecular formula is C18H23N4O9P. The maximum absolute atomic E-state index is 12.6. The summed E-state index contributed by atoms with van der Waals surface area (Å²) in [6.45, 7) is -0.733. The Labute approximate surface area is 181 Å². The van der Waals surface area contributed by atoms with E-state index in [0.29, 0.717) is 0 Å². The molecule has 7 N–H and O–H groups in total. The largest absolute Gasteiger partial charge is 0.469 e. The number of phosphoric ester groups is 1. The molecule has 0 spiro atoms. The molecule has 5 atom stereocenters. The van der Waals surface area contributed by atoms with Crippen molar-refractivity contribution in [1.29, 1.82) is 0 Å². The van der Waals surface area contributed by atoms with Gasteiger partial charge in [-0.2, -0.15) is 4.98 Å². The molecule has 0 radical (unpaired) electrons. The first kappa shape index (κ1) is 24.0. The van der Waals surface area contributed by atoms with E-state index < -0.39 is 56.7 Å². The van der Waals surface area contributed by atoms with Crippen LogP contribution in [0.3, 0.4) is 0 Å². The molecule has 1 aliphatic rings. The Bertz CT molecular complexity index is 1040. The fraction of sp³-hybridized carbons (Fsp3) is 0.389. The maximum Gasteiger partial charge on any atom is 0.469 e. The zero-order valence-electron chi connectivity index (χ0n) is 16.6. The first-order valence-electron chi connectivity index (χ1n) is 9.43. The Kier molecular flexibility index (Phi) is 7.41. The van der Waals surface area contributed by atoms with Crippen molar-refractivity contribution < 1.29 is 38.3 Å². The highest BCUT2D eigenvalue weighted by atomic mass is 31.2. The molecule has 0 saturated carbocycles. The van der Waals surface area contributed by atoms with Crippen LogP contribution in [0.25, 0.3) is 0 Å². The minimum atomic E-state index is -4.87. The average Bonchev–Trinajstić information content (AvgIpc) is 3.02. The number of hydrogen-bond acceptors (Lipinski definition) is 10. The van der Waals surface area contributed by atoms with Gasteiger partial charge in [-0.3, -0.25) is 13.9 Å². The highest BCUT2D eigenvalue weighted by molar-refractivity contribution is 7.46. The summed E-state index contributed by atoms with van der Waals surface area (Å²) >= 11 is 0. The number of aliphatic hydroxyl groups excluding tert-OH is 1. The molecule has 1 fully saturated rings. The standard InChI is InChI=1S/C18H23N4O9P/c19-11(8-10-4-2-1-3-5-10)17(24)31-15-14(23)12(9-29-32(26,27)28)30-16(15)22-7-6-13(20)21-18(22)25/h1-7,11-12,14-16,23H,8-9,19H2,(H2,20,21,25)(H2,26,27,28)/t11-,12+,14+,15+,16+/m0/s1. The molecule has 1 aromatic heterocycles. The fourth-order valence-electron chi connectivity index (χ4n) is 3.17. The lowest BCUT2D eigenvalue weighted by Gasteiger charge is -2.23. The molecule has 0 bridgehead atoms. The van der Waals surface area contributed by atoms with Crippen LogP contribution in [0.1, 0.15) is 11.8 Å². The number of hydrogen-bond donors (Lipinski definition) is 5. The van der Waals surface area contributed by atoms with Gasteiger partial charge in [0, 0.05) is 6.20 Å². The van der Waals surface area contributed by atoms with Crippen molar-refractivity contribution in [3.63, 3.8) is 0 Å². The quantitative estimate of drug-likeness (QED) is 0.225. The van der Waals surface area contributed by atoms with E-state index in [0.717, 1.165) is 10.1 Å². The van der Waals surface area contributed by atoms with Gasteiger partial charge in [-0.25, -0.2) is 9.36 Å². The van der Waals surface area contributed by atoms with Gasteiger partial charge in [0.2, 0.25) is 0 Å². The zero-order chi connectivity index (χ0) is 23.5. The summed E-state index contributed by atoms with van der Waals surface area (Å²) in [5.41, 5.74) is 11.3. The molecule has 2 heterocycles. The van der Waals surface area contributed by atoms with Crippen molar-refractivity contribution in [2.45, 2.75) is 37.0 Å². The minimum absolute atomic E-state index is 0.0652. The third kappa shape index (κ3) is 5.99. The van der Waals surface area contributed by atoms with Crippen molar-refractivity contribution in [2.75, 3.05) is 12.3 Å². The number of aliphatic hydroxyl groups is 1. The topological polar surface area (TPSA) is 209 Å². The monoisotopic (exact) mass is 470 g/mol. The smallest absolute Gasteiger partial charge is 0.453 e. The van der Waals surface area contributed by atoms with Crippen LogP contribution in [-0.4, -0.2) is 61.4 Å². The number of nitrogens with zero attached hydrogens (tertiary/aromatic N) is 2. The molecule has 1 aromatic carbocycles. The number of nitrogen functional groups attached to an aromatic ring is 1. The Balaban J connectivity index is 1.80. The van der Waals surface area contributed by atoms with Crippen LogP contribution >= 0.6 is 7.82 Å². The van der Waals surface area contributed by atoms with Crippen molar-refractivity contribution >= 4 is 19.6 Å². The van der Waals surface area contributed by atoms with Gasteiger partial charge in [0.15, 0.2) is 12.3 Å². The Morgan fingerprint density at radius 3 is 2.59 bits per heavy atom. The molecule has 1 aliphatic heterocycles. The van der Waals surface area contributed by atoms with E-state index in [4.69, 9.17) is 30.7 Å². The maximum atomic E-state index is 12.6. The third-order valence-electron chi connectivity index (χ3n) is 4.70. The van der Waals surface area contributed by atoms with Gasteiger partial charge in [-0.15, -0.1) is 0 Å². The second-order valence-electron chi connectivity index (χ2n) is 7.08. The first-order valence-corrected chi connectivity index (χ1v) is 11.0. The van der Waals surface area contributed by atoms with Crippen LogP contribution in [0.4, 0.5) is 5.82 Å². The zero-order valence-corrected chi connectivity index (χ0v) is 17.5. The summed E-state index contributed by atoms with van der Waals surface area (Å²) in [6.07, 6.45) is -4.37. The van der Waals surface area contributed by atoms with Gasteiger partial charge >= 0.3 is 19.5 Å². The van der Waals surface area contributed by atoms with E-state index >= 15 is 0 Å². The number of carbonyl (C=O) groups excluding carboxylic acids is 1. The summed E-state index contributed by atoms with van der Waals surface area (Å²) in [7, 11) is -4.87. The normalized spacial score (nSPS) is 24.2. The summed E-state index contributed by atoms with van der Waals surface area (Å²) in [6, 6.07) is 9.13. The lowest BCUT2D eigenvalue weighted by atomic mass is 10.1. The molecule has 0 aliphatic carbocycles. The van der Waals surface area contributed by atoms with E-state index in [1.165, 1.54) is 12.3 Å². The molecule has 0 amide bonds. The van der Waals surface area contributed by atoms with Gasteiger partial charge in [0.1, 0.15) is 24.1 Å². The van der Waals surface area contributed by atoms with Gasteiger partial charge in [0.05, 0.1) is 6.61 Å². The molecule has 0 unspecified atom stereocenters. The molecule has 14 heteroatoms. The van der Waals surface area contributed by atoms with E-state index in [2.05, 4.69) is 9.51 Å². The first-order chi connectivity index (χ1) is 15.0. The lowest BCUT2D eigenvalue weighted by Crippen LogP contribution is -2.44. The van der Waals surface area contributed by atoms with E-state index in [-0.39, 0.29) is 12.2 Å². The van der Waals surface area contributed by atoms with Gasteiger partial charge < -0.3 is 35.8 Å². The molecule has 3 rings (SSSR count). The number of nitrogens with two attached hydrogens (primary N) is 2. The van der Waals surface area contributed by atoms with Crippen molar-refractivity contribution in [1.82, 2.24) is 9.55 Å². The second kappa shape index (κ2) is 9.88. The predicted octanol–water partition coefficient (Wildman–Crippen LogP) is -1.33. The highest BCUT2D eigenvalue weighted by Gasteiger charge is 2.48. The summed E-state index contributed by atoms with van der Waals surface area (Å²) in [5, 5.41) is 10.6. The third-order valence-corrected chi connectivity index (χ3v) is 5.18. The van der Waals surface area contributed by atoms with Crippen LogP contribution in [-0.2, 0) is 29.8 Å². The second-order valence-corrected chi connectivity index (χ2v) is 8.32. The lowest BCUT2D eigenvalue weighted by molar-refractivity contribution is -0.160. The number of ether oxygens (including phenoxy) is 2. The van der Waals surface area contributed by atoms with Crippen molar-refractivity contribution in [2.24, 2.45) is 5.73 Å². The number of rotatable bonds is 8. The van der Waals surface area contributed by atoms with Crippen LogP contribution in [0, 0.1) is 0 Å². The Hall–Kier alpha value is -2.64. The Morgan fingerprint density at radius 1 is 1.28 bits per heavy atom.